The number of halogens is 2. The molecule has 0 saturated heterocycles. The van der Waals surface area contributed by atoms with E-state index in [2.05, 4.69) is 5.32 Å². The first-order chi connectivity index (χ1) is 9.93. The van der Waals surface area contributed by atoms with E-state index in [9.17, 15) is 8.78 Å². The van der Waals surface area contributed by atoms with E-state index in [0.717, 1.165) is 23.5 Å². The first-order valence-corrected chi connectivity index (χ1v) is 7.19. The third kappa shape index (κ3) is 3.32. The Balaban J connectivity index is 2.50. The molecule has 4 heteroatoms. The van der Waals surface area contributed by atoms with Gasteiger partial charge in [0.2, 0.25) is 0 Å². The SMILES string of the molecule is CCCNC(c1cc(F)c(C)cc1F)c1cc(C)oc1C. The summed E-state index contributed by atoms with van der Waals surface area (Å²) in [4.78, 5) is 0. The zero-order valence-corrected chi connectivity index (χ0v) is 12.9. The number of aryl methyl sites for hydroxylation is 3. The number of furan rings is 1. The van der Waals surface area contributed by atoms with Crippen molar-refractivity contribution in [3.8, 4) is 0 Å². The maximum Gasteiger partial charge on any atom is 0.128 e. The second-order valence-electron chi connectivity index (χ2n) is 5.38. The van der Waals surface area contributed by atoms with Gasteiger partial charge in [-0.3, -0.25) is 0 Å². The minimum atomic E-state index is -0.405. The number of hydrogen-bond donors (Lipinski definition) is 1. The summed E-state index contributed by atoms with van der Waals surface area (Å²) in [6.07, 6.45) is 0.905. The highest BCUT2D eigenvalue weighted by molar-refractivity contribution is 5.37. The molecule has 1 atom stereocenters. The Bertz CT molecular complexity index is 634. The second-order valence-corrected chi connectivity index (χ2v) is 5.38. The molecule has 0 bridgehead atoms. The Morgan fingerprint density at radius 2 is 1.76 bits per heavy atom. The van der Waals surface area contributed by atoms with Crippen LogP contribution in [0, 0.1) is 32.4 Å². The topological polar surface area (TPSA) is 25.2 Å². The summed E-state index contributed by atoms with van der Waals surface area (Å²) in [7, 11) is 0. The highest BCUT2D eigenvalue weighted by Gasteiger charge is 2.22. The lowest BCUT2D eigenvalue weighted by atomic mass is 9.97. The van der Waals surface area contributed by atoms with Gasteiger partial charge in [-0.1, -0.05) is 6.92 Å². The standard InChI is InChI=1S/C17H21F2NO/c1-5-6-20-17(13-8-11(3)21-12(13)4)14-9-15(18)10(2)7-16(14)19/h7-9,17,20H,5-6H2,1-4H3. The third-order valence-corrected chi connectivity index (χ3v) is 3.58. The van der Waals surface area contributed by atoms with Gasteiger partial charge in [-0.25, -0.2) is 8.78 Å². The third-order valence-electron chi connectivity index (χ3n) is 3.58. The molecule has 0 saturated carbocycles. The van der Waals surface area contributed by atoms with Gasteiger partial charge in [-0.15, -0.1) is 0 Å². The van der Waals surface area contributed by atoms with Gasteiger partial charge in [0.1, 0.15) is 23.2 Å². The van der Waals surface area contributed by atoms with E-state index in [4.69, 9.17) is 4.42 Å². The molecule has 2 rings (SSSR count). The quantitative estimate of drug-likeness (QED) is 0.873. The fourth-order valence-electron chi connectivity index (χ4n) is 2.50. The van der Waals surface area contributed by atoms with Gasteiger partial charge in [0.05, 0.1) is 6.04 Å². The van der Waals surface area contributed by atoms with E-state index in [-0.39, 0.29) is 0 Å². The zero-order valence-electron chi connectivity index (χ0n) is 12.9. The van der Waals surface area contributed by atoms with Crippen LogP contribution in [0.25, 0.3) is 0 Å². The summed E-state index contributed by atoms with van der Waals surface area (Å²) in [5, 5.41) is 3.28. The van der Waals surface area contributed by atoms with Crippen molar-refractivity contribution in [3.05, 3.63) is 58.0 Å². The molecule has 1 aromatic heterocycles. The molecule has 0 spiro atoms. The van der Waals surface area contributed by atoms with E-state index in [1.54, 1.807) is 6.92 Å². The molecule has 1 N–H and O–H groups in total. The Morgan fingerprint density at radius 1 is 1.05 bits per heavy atom. The lowest BCUT2D eigenvalue weighted by Crippen LogP contribution is -2.24. The van der Waals surface area contributed by atoms with Crippen LogP contribution in [0.3, 0.4) is 0 Å². The van der Waals surface area contributed by atoms with Gasteiger partial charge >= 0.3 is 0 Å². The van der Waals surface area contributed by atoms with E-state index in [0.29, 0.717) is 17.7 Å². The smallest absolute Gasteiger partial charge is 0.128 e. The predicted molar refractivity (Wildman–Crippen MR) is 79.4 cm³/mol. The molecule has 1 heterocycles. The molecule has 0 aliphatic rings. The van der Waals surface area contributed by atoms with Gasteiger partial charge < -0.3 is 9.73 Å². The average Bonchev–Trinajstić information content (AvgIpc) is 2.75. The summed E-state index contributed by atoms with van der Waals surface area (Å²) >= 11 is 0. The first kappa shape index (κ1) is 15.7. The van der Waals surface area contributed by atoms with Crippen LogP contribution in [0.15, 0.2) is 22.6 Å². The molecule has 0 radical (unpaired) electrons. The van der Waals surface area contributed by atoms with E-state index in [1.165, 1.54) is 12.1 Å². The lowest BCUT2D eigenvalue weighted by Gasteiger charge is -2.20. The van der Waals surface area contributed by atoms with Gasteiger partial charge in [-0.2, -0.15) is 0 Å². The number of nitrogens with one attached hydrogen (secondary N) is 1. The first-order valence-electron chi connectivity index (χ1n) is 7.19. The molecule has 0 fully saturated rings. The molecule has 2 aromatic rings. The second kappa shape index (κ2) is 6.39. The van der Waals surface area contributed by atoms with Crippen molar-refractivity contribution in [2.75, 3.05) is 6.54 Å². The van der Waals surface area contributed by atoms with Crippen molar-refractivity contribution < 1.29 is 13.2 Å². The molecule has 2 nitrogen and oxygen atoms in total. The molecule has 1 aromatic carbocycles. The van der Waals surface area contributed by atoms with Crippen molar-refractivity contribution in [3.63, 3.8) is 0 Å². The molecule has 1 unspecified atom stereocenters. The summed E-state index contributed by atoms with van der Waals surface area (Å²) in [6.45, 7) is 7.99. The minimum absolute atomic E-state index is 0.311. The maximum atomic E-state index is 14.3. The van der Waals surface area contributed by atoms with Crippen LogP contribution < -0.4 is 5.32 Å². The summed E-state index contributed by atoms with van der Waals surface area (Å²) in [6, 6.07) is 3.99. The highest BCUT2D eigenvalue weighted by Crippen LogP contribution is 2.30. The monoisotopic (exact) mass is 293 g/mol. The van der Waals surface area contributed by atoms with Crippen molar-refractivity contribution in [2.45, 2.75) is 40.2 Å². The molecular weight excluding hydrogens is 272 g/mol. The normalized spacial score (nSPS) is 12.7. The van der Waals surface area contributed by atoms with Crippen LogP contribution in [-0.4, -0.2) is 6.54 Å². The Labute approximate surface area is 124 Å². The summed E-state index contributed by atoms with van der Waals surface area (Å²) in [5.41, 5.74) is 1.48. The Kier molecular flexibility index (Phi) is 4.78. The van der Waals surface area contributed by atoms with Crippen LogP contribution in [0.4, 0.5) is 8.78 Å². The molecular formula is C17H21F2NO. The van der Waals surface area contributed by atoms with E-state index < -0.39 is 17.7 Å². The predicted octanol–water partition coefficient (Wildman–Crippen LogP) is 4.57. The number of rotatable bonds is 5. The Hall–Kier alpha value is -1.68. The molecule has 21 heavy (non-hydrogen) atoms. The average molecular weight is 293 g/mol. The number of hydrogen-bond acceptors (Lipinski definition) is 2. The van der Waals surface area contributed by atoms with Crippen LogP contribution >= 0.6 is 0 Å². The lowest BCUT2D eigenvalue weighted by molar-refractivity contribution is 0.488. The van der Waals surface area contributed by atoms with Gasteiger partial charge in [-0.05, 0) is 57.5 Å². The zero-order chi connectivity index (χ0) is 15.6. The summed E-state index contributed by atoms with van der Waals surface area (Å²) in [5.74, 6) is 0.689. The minimum Gasteiger partial charge on any atom is -0.466 e. The van der Waals surface area contributed by atoms with Crippen molar-refractivity contribution in [1.82, 2.24) is 5.32 Å². The summed E-state index contributed by atoms with van der Waals surface area (Å²) < 4.78 is 33.7. The largest absolute Gasteiger partial charge is 0.466 e. The fourth-order valence-corrected chi connectivity index (χ4v) is 2.50. The number of benzene rings is 1. The van der Waals surface area contributed by atoms with Gasteiger partial charge in [0, 0.05) is 11.1 Å². The molecule has 0 aliphatic heterocycles. The van der Waals surface area contributed by atoms with Crippen molar-refractivity contribution >= 4 is 0 Å². The highest BCUT2D eigenvalue weighted by atomic mass is 19.1. The Morgan fingerprint density at radius 3 is 2.33 bits per heavy atom. The fraction of sp³-hybridized carbons (Fsp3) is 0.412. The van der Waals surface area contributed by atoms with Crippen molar-refractivity contribution in [2.24, 2.45) is 0 Å². The van der Waals surface area contributed by atoms with Gasteiger partial charge in [0.25, 0.3) is 0 Å². The maximum absolute atomic E-state index is 14.3. The van der Waals surface area contributed by atoms with Crippen molar-refractivity contribution in [1.29, 1.82) is 0 Å². The molecule has 0 aliphatic carbocycles. The van der Waals surface area contributed by atoms with Crippen LogP contribution in [0.5, 0.6) is 0 Å². The van der Waals surface area contributed by atoms with Gasteiger partial charge in [0.15, 0.2) is 0 Å². The molecule has 0 amide bonds. The van der Waals surface area contributed by atoms with Crippen LogP contribution in [-0.2, 0) is 0 Å². The van der Waals surface area contributed by atoms with Crippen LogP contribution in [0.1, 0.15) is 47.6 Å². The van der Waals surface area contributed by atoms with Crippen LogP contribution in [0.2, 0.25) is 0 Å². The van der Waals surface area contributed by atoms with E-state index >= 15 is 0 Å². The van der Waals surface area contributed by atoms with E-state index in [1.807, 2.05) is 26.8 Å². The molecule has 114 valence electrons.